The fourth-order valence-corrected chi connectivity index (χ4v) is 3.01. The maximum absolute atomic E-state index is 12.2. The third-order valence-corrected chi connectivity index (χ3v) is 4.15. The summed E-state index contributed by atoms with van der Waals surface area (Å²) in [6.45, 7) is 5.92. The molecule has 3 amide bonds. The lowest BCUT2D eigenvalue weighted by Crippen LogP contribution is -2.30. The number of imide groups is 1. The molecule has 1 heterocycles. The van der Waals surface area contributed by atoms with Crippen LogP contribution in [0.5, 0.6) is 11.5 Å². The minimum absolute atomic E-state index is 0.177. The lowest BCUT2D eigenvalue weighted by Gasteiger charge is -2.14. The van der Waals surface area contributed by atoms with E-state index in [4.69, 9.17) is 14.2 Å². The molecule has 0 aromatic heterocycles. The molecule has 1 aromatic carbocycles. The molecule has 0 unspecified atom stereocenters. The van der Waals surface area contributed by atoms with Crippen LogP contribution >= 0.6 is 15.9 Å². The number of hydrogen-bond acceptors (Lipinski definition) is 6. The summed E-state index contributed by atoms with van der Waals surface area (Å²) in [6.07, 6.45) is 1.55. The average molecular weight is 441 g/mol. The number of urea groups is 1. The van der Waals surface area contributed by atoms with Gasteiger partial charge in [0.1, 0.15) is 5.70 Å². The summed E-state index contributed by atoms with van der Waals surface area (Å²) in [4.78, 5) is 36.6. The van der Waals surface area contributed by atoms with Crippen molar-refractivity contribution in [1.29, 1.82) is 0 Å². The Morgan fingerprint density at radius 3 is 2.52 bits per heavy atom. The molecule has 2 rings (SSSR count). The number of benzene rings is 1. The van der Waals surface area contributed by atoms with Crippen LogP contribution in [-0.4, -0.2) is 49.2 Å². The third-order valence-electron chi connectivity index (χ3n) is 3.56. The molecule has 146 valence electrons. The Labute approximate surface area is 165 Å². The highest BCUT2D eigenvalue weighted by molar-refractivity contribution is 9.10. The van der Waals surface area contributed by atoms with Gasteiger partial charge in [0.15, 0.2) is 18.1 Å². The lowest BCUT2D eigenvalue weighted by molar-refractivity contribution is -0.145. The van der Waals surface area contributed by atoms with Crippen LogP contribution in [0, 0.1) is 0 Å². The van der Waals surface area contributed by atoms with Gasteiger partial charge in [-0.1, -0.05) is 0 Å². The number of nitrogens with zero attached hydrogens (tertiary/aromatic N) is 1. The monoisotopic (exact) mass is 440 g/mol. The third kappa shape index (κ3) is 5.00. The second kappa shape index (κ2) is 9.40. The fourth-order valence-electron chi connectivity index (χ4n) is 2.43. The molecule has 1 fully saturated rings. The number of carbonyl (C=O) groups is 3. The average Bonchev–Trinajstić information content (AvgIpc) is 2.87. The molecule has 0 aliphatic carbocycles. The first-order valence-corrected chi connectivity index (χ1v) is 9.29. The van der Waals surface area contributed by atoms with Crippen molar-refractivity contribution in [2.75, 3.05) is 26.4 Å². The topological polar surface area (TPSA) is 94.2 Å². The van der Waals surface area contributed by atoms with Crippen molar-refractivity contribution in [1.82, 2.24) is 10.2 Å². The molecule has 0 atom stereocenters. The van der Waals surface area contributed by atoms with Gasteiger partial charge in [0.2, 0.25) is 0 Å². The van der Waals surface area contributed by atoms with Gasteiger partial charge >= 0.3 is 12.0 Å². The molecule has 0 saturated carbocycles. The van der Waals surface area contributed by atoms with Crippen molar-refractivity contribution in [3.05, 3.63) is 27.9 Å². The molecule has 1 saturated heterocycles. The van der Waals surface area contributed by atoms with Crippen molar-refractivity contribution in [2.24, 2.45) is 0 Å². The smallest absolute Gasteiger partial charge is 0.344 e. The van der Waals surface area contributed by atoms with Gasteiger partial charge in [0, 0.05) is 6.54 Å². The molecule has 1 aliphatic rings. The zero-order valence-corrected chi connectivity index (χ0v) is 16.9. The molecule has 0 spiro atoms. The first kappa shape index (κ1) is 20.8. The molecule has 1 N–H and O–H groups in total. The van der Waals surface area contributed by atoms with Crippen molar-refractivity contribution in [2.45, 2.75) is 20.8 Å². The zero-order chi connectivity index (χ0) is 20.0. The summed E-state index contributed by atoms with van der Waals surface area (Å²) < 4.78 is 16.5. The summed E-state index contributed by atoms with van der Waals surface area (Å²) in [5, 5.41) is 2.54. The Kier molecular flexibility index (Phi) is 7.23. The first-order valence-electron chi connectivity index (χ1n) is 8.50. The van der Waals surface area contributed by atoms with E-state index in [1.54, 1.807) is 32.1 Å². The summed E-state index contributed by atoms with van der Waals surface area (Å²) in [5.74, 6) is -0.132. The first-order chi connectivity index (χ1) is 12.9. The predicted octanol–water partition coefficient (Wildman–Crippen LogP) is 2.70. The summed E-state index contributed by atoms with van der Waals surface area (Å²) in [5.41, 5.74) is 0.798. The van der Waals surface area contributed by atoms with E-state index in [2.05, 4.69) is 21.2 Å². The van der Waals surface area contributed by atoms with Gasteiger partial charge in [0.25, 0.3) is 5.91 Å². The SMILES string of the molecule is CCOC(=O)COc1c(Br)cc(/C=C2/NC(=O)N(CC)C2=O)cc1OCC. The largest absolute Gasteiger partial charge is 0.490 e. The van der Waals surface area contributed by atoms with Gasteiger partial charge in [0.05, 0.1) is 17.7 Å². The van der Waals surface area contributed by atoms with E-state index in [-0.39, 0.29) is 31.4 Å². The number of hydrogen-bond donors (Lipinski definition) is 1. The van der Waals surface area contributed by atoms with Gasteiger partial charge in [-0.2, -0.15) is 0 Å². The maximum Gasteiger partial charge on any atom is 0.344 e. The van der Waals surface area contributed by atoms with Crippen LogP contribution in [0.15, 0.2) is 22.3 Å². The number of halogens is 1. The Hall–Kier alpha value is -2.55. The van der Waals surface area contributed by atoms with Crippen molar-refractivity contribution >= 4 is 39.9 Å². The normalized spacial score (nSPS) is 15.1. The molecule has 8 nitrogen and oxygen atoms in total. The Balaban J connectivity index is 2.29. The van der Waals surface area contributed by atoms with Crippen molar-refractivity contribution in [3.63, 3.8) is 0 Å². The summed E-state index contributed by atoms with van der Waals surface area (Å²) in [6, 6.07) is 2.91. The number of ether oxygens (including phenoxy) is 3. The molecule has 0 radical (unpaired) electrons. The molecule has 27 heavy (non-hydrogen) atoms. The number of nitrogens with one attached hydrogen (secondary N) is 1. The van der Waals surface area contributed by atoms with Gasteiger partial charge in [-0.3, -0.25) is 9.69 Å². The van der Waals surface area contributed by atoms with Crippen molar-refractivity contribution in [3.8, 4) is 11.5 Å². The van der Waals surface area contributed by atoms with E-state index < -0.39 is 12.0 Å². The van der Waals surface area contributed by atoms with E-state index in [0.29, 0.717) is 28.1 Å². The number of esters is 1. The quantitative estimate of drug-likeness (QED) is 0.379. The number of amides is 3. The highest BCUT2D eigenvalue weighted by Crippen LogP contribution is 2.37. The molecule has 1 aromatic rings. The lowest BCUT2D eigenvalue weighted by atomic mass is 10.1. The van der Waals surface area contributed by atoms with Crippen LogP contribution in [0.3, 0.4) is 0 Å². The minimum atomic E-state index is -0.489. The van der Waals surface area contributed by atoms with E-state index in [1.807, 2.05) is 6.92 Å². The van der Waals surface area contributed by atoms with E-state index in [1.165, 1.54) is 0 Å². The van der Waals surface area contributed by atoms with Crippen molar-refractivity contribution < 1.29 is 28.6 Å². The highest BCUT2D eigenvalue weighted by atomic mass is 79.9. The highest BCUT2D eigenvalue weighted by Gasteiger charge is 2.32. The summed E-state index contributed by atoms with van der Waals surface area (Å²) >= 11 is 3.39. The zero-order valence-electron chi connectivity index (χ0n) is 15.3. The van der Waals surface area contributed by atoms with E-state index in [9.17, 15) is 14.4 Å². The second-order valence-electron chi connectivity index (χ2n) is 5.39. The van der Waals surface area contributed by atoms with E-state index >= 15 is 0 Å². The van der Waals surface area contributed by atoms with Crippen LogP contribution in [0.25, 0.3) is 6.08 Å². The Morgan fingerprint density at radius 2 is 1.93 bits per heavy atom. The molecular formula is C18H21BrN2O6. The fraction of sp³-hybridized carbons (Fsp3) is 0.389. The van der Waals surface area contributed by atoms with Gasteiger partial charge in [-0.25, -0.2) is 9.59 Å². The van der Waals surface area contributed by atoms with Gasteiger partial charge in [-0.15, -0.1) is 0 Å². The number of carbonyl (C=O) groups excluding carboxylic acids is 3. The number of rotatable bonds is 8. The van der Waals surface area contributed by atoms with Crippen LogP contribution in [0.4, 0.5) is 4.79 Å². The maximum atomic E-state index is 12.2. The van der Waals surface area contributed by atoms with Crippen LogP contribution < -0.4 is 14.8 Å². The predicted molar refractivity (Wildman–Crippen MR) is 101 cm³/mol. The summed E-state index contributed by atoms with van der Waals surface area (Å²) in [7, 11) is 0. The van der Waals surface area contributed by atoms with Crippen LogP contribution in [-0.2, 0) is 14.3 Å². The Morgan fingerprint density at radius 1 is 1.19 bits per heavy atom. The Bertz CT molecular complexity index is 777. The molecule has 0 bridgehead atoms. The van der Waals surface area contributed by atoms with Gasteiger partial charge in [-0.05, 0) is 60.5 Å². The molecule has 9 heteroatoms. The van der Waals surface area contributed by atoms with Crippen LogP contribution in [0.1, 0.15) is 26.3 Å². The standard InChI is InChI=1S/C18H21BrN2O6/c1-4-21-17(23)13(20-18(21)24)8-11-7-12(19)16(14(9-11)25-5-2)27-10-15(22)26-6-3/h7-9H,4-6,10H2,1-3H3,(H,20,24)/b13-8+. The van der Waals surface area contributed by atoms with Crippen LogP contribution in [0.2, 0.25) is 0 Å². The van der Waals surface area contributed by atoms with E-state index in [0.717, 1.165) is 4.90 Å². The second-order valence-corrected chi connectivity index (χ2v) is 6.25. The number of likely N-dealkylation sites (N-methyl/N-ethyl adjacent to an activating group) is 1. The molecular weight excluding hydrogens is 420 g/mol. The minimum Gasteiger partial charge on any atom is -0.490 e. The molecule has 1 aliphatic heterocycles. The van der Waals surface area contributed by atoms with Gasteiger partial charge < -0.3 is 19.5 Å².